The van der Waals surface area contributed by atoms with Gasteiger partial charge in [0.05, 0.1) is 31.1 Å². The average Bonchev–Trinajstić information content (AvgIpc) is 3.27. The summed E-state index contributed by atoms with van der Waals surface area (Å²) in [7, 11) is 2.17. The second-order valence-electron chi connectivity index (χ2n) is 7.94. The summed E-state index contributed by atoms with van der Waals surface area (Å²) >= 11 is 0. The summed E-state index contributed by atoms with van der Waals surface area (Å²) in [5.41, 5.74) is 3.87. The van der Waals surface area contributed by atoms with Crippen molar-refractivity contribution >= 4 is 0 Å². The van der Waals surface area contributed by atoms with Crippen LogP contribution in [0.3, 0.4) is 0 Å². The fraction of sp³-hybridized carbons (Fsp3) is 0.591. The number of aryl methyl sites for hydroxylation is 1. The number of imidazole rings is 1. The molecule has 1 aliphatic carbocycles. The lowest BCUT2D eigenvalue weighted by Crippen LogP contribution is -2.35. The highest BCUT2D eigenvalue weighted by Crippen LogP contribution is 2.33. The Morgan fingerprint density at radius 1 is 1.19 bits per heavy atom. The normalized spacial score (nSPS) is 21.3. The summed E-state index contributed by atoms with van der Waals surface area (Å²) in [4.78, 5) is 7.39. The summed E-state index contributed by atoms with van der Waals surface area (Å²) in [6.45, 7) is 2.59. The van der Waals surface area contributed by atoms with Gasteiger partial charge in [0.25, 0.3) is 0 Å². The molecular weight excluding hydrogens is 338 g/mol. The Balaban J connectivity index is 1.34. The third kappa shape index (κ3) is 4.26. The Kier molecular flexibility index (Phi) is 5.91. The standard InChI is InChI=1S/C22H31N3O2/c1-24-20-11-6-5-10-19(20)23-22(24)21-12-7-13-25(21)14-18(26)16-27-15-17-8-3-2-4-9-17/h2-4,8-9,18,21,26H,5-7,10-16H2,1H3/t18-,21-/m0/s1. The number of hydrogen-bond acceptors (Lipinski definition) is 4. The van der Waals surface area contributed by atoms with Crippen LogP contribution in [0.2, 0.25) is 0 Å². The van der Waals surface area contributed by atoms with Gasteiger partial charge in [0.15, 0.2) is 0 Å². The Morgan fingerprint density at radius 3 is 2.81 bits per heavy atom. The molecule has 0 spiro atoms. The highest BCUT2D eigenvalue weighted by Gasteiger charge is 2.32. The predicted molar refractivity (Wildman–Crippen MR) is 106 cm³/mol. The molecular formula is C22H31N3O2. The molecule has 146 valence electrons. The fourth-order valence-electron chi connectivity index (χ4n) is 4.55. The number of ether oxygens (including phenoxy) is 1. The maximum absolute atomic E-state index is 10.5. The molecule has 2 heterocycles. The van der Waals surface area contributed by atoms with Gasteiger partial charge >= 0.3 is 0 Å². The zero-order valence-electron chi connectivity index (χ0n) is 16.3. The number of benzene rings is 1. The molecule has 5 nitrogen and oxygen atoms in total. The van der Waals surface area contributed by atoms with Crippen LogP contribution in [0.4, 0.5) is 0 Å². The van der Waals surface area contributed by atoms with Gasteiger partial charge in [0, 0.05) is 19.3 Å². The van der Waals surface area contributed by atoms with Gasteiger partial charge in [-0.2, -0.15) is 0 Å². The Hall–Kier alpha value is -1.69. The first-order chi connectivity index (χ1) is 13.2. The molecule has 27 heavy (non-hydrogen) atoms. The number of nitrogens with zero attached hydrogens (tertiary/aromatic N) is 3. The molecule has 0 saturated carbocycles. The molecule has 4 rings (SSSR count). The smallest absolute Gasteiger partial charge is 0.126 e. The van der Waals surface area contributed by atoms with Gasteiger partial charge in [-0.1, -0.05) is 30.3 Å². The minimum absolute atomic E-state index is 0.323. The molecule has 0 radical (unpaired) electrons. The van der Waals surface area contributed by atoms with Crippen LogP contribution >= 0.6 is 0 Å². The van der Waals surface area contributed by atoms with E-state index in [9.17, 15) is 5.11 Å². The molecule has 0 unspecified atom stereocenters. The second kappa shape index (κ2) is 8.55. The van der Waals surface area contributed by atoms with Gasteiger partial charge in [0.1, 0.15) is 5.82 Å². The van der Waals surface area contributed by atoms with Crippen LogP contribution in [-0.2, 0) is 31.2 Å². The lowest BCUT2D eigenvalue weighted by molar-refractivity contribution is 0.00706. The number of aliphatic hydroxyl groups excluding tert-OH is 1. The maximum Gasteiger partial charge on any atom is 0.126 e. The van der Waals surface area contributed by atoms with Crippen molar-refractivity contribution < 1.29 is 9.84 Å². The third-order valence-electron chi connectivity index (χ3n) is 5.94. The summed E-state index contributed by atoms with van der Waals surface area (Å²) in [6.07, 6.45) is 6.63. The van der Waals surface area contributed by atoms with Crippen molar-refractivity contribution in [3.63, 3.8) is 0 Å². The lowest BCUT2D eigenvalue weighted by Gasteiger charge is -2.26. The molecule has 1 N–H and O–H groups in total. The third-order valence-corrected chi connectivity index (χ3v) is 5.94. The van der Waals surface area contributed by atoms with Crippen LogP contribution in [0.25, 0.3) is 0 Å². The first kappa shape index (κ1) is 18.7. The molecule has 1 aromatic heterocycles. The first-order valence-electron chi connectivity index (χ1n) is 10.3. The minimum Gasteiger partial charge on any atom is -0.389 e. The van der Waals surface area contributed by atoms with Crippen LogP contribution < -0.4 is 0 Å². The van der Waals surface area contributed by atoms with E-state index < -0.39 is 6.10 Å². The fourth-order valence-corrected chi connectivity index (χ4v) is 4.55. The van der Waals surface area contributed by atoms with Crippen molar-refractivity contribution in [2.45, 2.75) is 57.3 Å². The van der Waals surface area contributed by atoms with E-state index >= 15 is 0 Å². The van der Waals surface area contributed by atoms with Crippen molar-refractivity contribution in [2.75, 3.05) is 19.7 Å². The quantitative estimate of drug-likeness (QED) is 0.815. The van der Waals surface area contributed by atoms with E-state index in [0.29, 0.717) is 25.8 Å². The summed E-state index contributed by atoms with van der Waals surface area (Å²) in [5, 5.41) is 10.5. The van der Waals surface area contributed by atoms with E-state index in [4.69, 9.17) is 9.72 Å². The molecule has 1 saturated heterocycles. The molecule has 2 aliphatic rings. The lowest BCUT2D eigenvalue weighted by atomic mass is 10.0. The molecule has 1 aromatic carbocycles. The zero-order chi connectivity index (χ0) is 18.6. The summed E-state index contributed by atoms with van der Waals surface area (Å²) in [6, 6.07) is 10.4. The SMILES string of the molecule is Cn1c([C@@H]2CCCN2C[C@H](O)COCc2ccccc2)nc2c1CCCC2. The van der Waals surface area contributed by atoms with Crippen molar-refractivity contribution in [2.24, 2.45) is 7.05 Å². The Labute approximate surface area is 162 Å². The highest BCUT2D eigenvalue weighted by atomic mass is 16.5. The van der Waals surface area contributed by atoms with Crippen molar-refractivity contribution in [3.05, 3.63) is 53.1 Å². The van der Waals surface area contributed by atoms with Crippen molar-refractivity contribution in [3.8, 4) is 0 Å². The van der Waals surface area contributed by atoms with Gasteiger partial charge in [-0.05, 0) is 50.6 Å². The minimum atomic E-state index is -0.468. The van der Waals surface area contributed by atoms with Gasteiger partial charge in [0.2, 0.25) is 0 Å². The van der Waals surface area contributed by atoms with Crippen LogP contribution in [0.15, 0.2) is 30.3 Å². The van der Waals surface area contributed by atoms with Crippen LogP contribution in [0.5, 0.6) is 0 Å². The van der Waals surface area contributed by atoms with E-state index in [1.807, 2.05) is 30.3 Å². The van der Waals surface area contributed by atoms with Gasteiger partial charge in [-0.3, -0.25) is 4.90 Å². The first-order valence-corrected chi connectivity index (χ1v) is 10.3. The highest BCUT2D eigenvalue weighted by molar-refractivity contribution is 5.22. The van der Waals surface area contributed by atoms with Gasteiger partial charge in [-0.25, -0.2) is 4.98 Å². The molecule has 1 fully saturated rings. The number of hydrogen-bond donors (Lipinski definition) is 1. The predicted octanol–water partition coefficient (Wildman–Crippen LogP) is 3.01. The van der Waals surface area contributed by atoms with E-state index in [2.05, 4.69) is 16.5 Å². The van der Waals surface area contributed by atoms with Crippen LogP contribution in [0.1, 0.15) is 54.5 Å². The number of aromatic nitrogens is 2. The summed E-state index contributed by atoms with van der Waals surface area (Å²) < 4.78 is 8.05. The van der Waals surface area contributed by atoms with Crippen molar-refractivity contribution in [1.82, 2.24) is 14.5 Å². The summed E-state index contributed by atoms with van der Waals surface area (Å²) in [5.74, 6) is 1.19. The van der Waals surface area contributed by atoms with Gasteiger partial charge < -0.3 is 14.4 Å². The molecule has 2 aromatic rings. The molecule has 0 bridgehead atoms. The number of β-amino-alcohol motifs (C(OH)–C–C–N with tert-alkyl or cyclic N) is 1. The molecule has 2 atom stereocenters. The Bertz CT molecular complexity index is 744. The number of likely N-dealkylation sites (tertiary alicyclic amines) is 1. The van der Waals surface area contributed by atoms with Gasteiger partial charge in [-0.15, -0.1) is 0 Å². The molecule has 5 heteroatoms. The van der Waals surface area contributed by atoms with Crippen LogP contribution in [-0.4, -0.2) is 45.4 Å². The monoisotopic (exact) mass is 369 g/mol. The van der Waals surface area contributed by atoms with Crippen molar-refractivity contribution in [1.29, 1.82) is 0 Å². The number of rotatable bonds is 7. The Morgan fingerprint density at radius 2 is 2.00 bits per heavy atom. The van der Waals surface area contributed by atoms with E-state index in [1.54, 1.807) is 0 Å². The number of aliphatic hydroxyl groups is 1. The maximum atomic E-state index is 10.5. The zero-order valence-corrected chi connectivity index (χ0v) is 16.3. The average molecular weight is 370 g/mol. The number of fused-ring (bicyclic) bond motifs is 1. The van der Waals surface area contributed by atoms with E-state index in [-0.39, 0.29) is 0 Å². The van der Waals surface area contributed by atoms with E-state index in [1.165, 1.54) is 36.5 Å². The topological polar surface area (TPSA) is 50.5 Å². The largest absolute Gasteiger partial charge is 0.389 e. The second-order valence-corrected chi connectivity index (χ2v) is 7.94. The molecule has 0 amide bonds. The molecule has 1 aliphatic heterocycles. The van der Waals surface area contributed by atoms with E-state index in [0.717, 1.165) is 31.4 Å². The van der Waals surface area contributed by atoms with Crippen LogP contribution in [0, 0.1) is 0 Å².